The predicted octanol–water partition coefficient (Wildman–Crippen LogP) is 4.25. The van der Waals surface area contributed by atoms with E-state index in [2.05, 4.69) is 46.6 Å². The maximum absolute atomic E-state index is 4.39. The van der Waals surface area contributed by atoms with E-state index in [9.17, 15) is 0 Å². The summed E-state index contributed by atoms with van der Waals surface area (Å²) in [5.41, 5.74) is 1.89. The smallest absolute Gasteiger partial charge is 0.00232 e. The Morgan fingerprint density at radius 2 is 1.94 bits per heavy atom. The molecule has 1 heteroatoms. The zero-order valence-corrected chi connectivity index (χ0v) is 12.5. The molecule has 1 aliphatic carbocycles. The van der Waals surface area contributed by atoms with Crippen molar-refractivity contribution in [2.24, 2.45) is 23.2 Å². The van der Waals surface area contributed by atoms with E-state index < -0.39 is 0 Å². The highest BCUT2D eigenvalue weighted by molar-refractivity contribution is 5.08. The molecule has 100 valence electrons. The Morgan fingerprint density at radius 1 is 1.29 bits per heavy atom. The first-order chi connectivity index (χ1) is 7.87. The van der Waals surface area contributed by atoms with E-state index in [4.69, 9.17) is 0 Å². The Labute approximate surface area is 108 Å². The number of hydrogen-bond acceptors (Lipinski definition) is 1. The van der Waals surface area contributed by atoms with Crippen molar-refractivity contribution in [3.8, 4) is 0 Å². The Morgan fingerprint density at radius 3 is 2.41 bits per heavy atom. The van der Waals surface area contributed by atoms with Crippen LogP contribution in [0.1, 0.15) is 53.4 Å². The average molecular weight is 237 g/mol. The molecule has 1 N–H and O–H groups in total. The van der Waals surface area contributed by atoms with Crippen LogP contribution in [0.25, 0.3) is 0 Å². The summed E-state index contributed by atoms with van der Waals surface area (Å²) < 4.78 is 0. The average Bonchev–Trinajstić information content (AvgIpc) is 2.59. The van der Waals surface area contributed by atoms with Crippen LogP contribution in [0, 0.1) is 23.2 Å². The molecular formula is C16H31N. The van der Waals surface area contributed by atoms with Gasteiger partial charge in [-0.05, 0) is 56.0 Å². The summed E-state index contributed by atoms with van der Waals surface area (Å²) in [6, 6.07) is 0. The molecule has 0 bridgehead atoms. The minimum absolute atomic E-state index is 0.385. The summed E-state index contributed by atoms with van der Waals surface area (Å²) in [5, 5.41) is 3.33. The molecular weight excluding hydrogens is 206 g/mol. The molecule has 3 atom stereocenters. The molecule has 1 saturated carbocycles. The molecule has 0 saturated heterocycles. The van der Waals surface area contributed by atoms with Crippen molar-refractivity contribution in [3.63, 3.8) is 0 Å². The molecule has 0 aromatic carbocycles. The lowest BCUT2D eigenvalue weighted by Gasteiger charge is -2.26. The normalized spacial score (nSPS) is 29.6. The molecule has 0 radical (unpaired) electrons. The highest BCUT2D eigenvalue weighted by Gasteiger charge is 2.34. The van der Waals surface area contributed by atoms with E-state index in [1.165, 1.54) is 37.8 Å². The van der Waals surface area contributed by atoms with Gasteiger partial charge in [-0.3, -0.25) is 0 Å². The highest BCUT2D eigenvalue weighted by atomic mass is 14.8. The van der Waals surface area contributed by atoms with Gasteiger partial charge in [0.05, 0.1) is 0 Å². The second-order valence-electron chi connectivity index (χ2n) is 7.07. The van der Waals surface area contributed by atoms with Gasteiger partial charge < -0.3 is 5.32 Å². The minimum Gasteiger partial charge on any atom is -0.319 e. The van der Waals surface area contributed by atoms with E-state index in [0.29, 0.717) is 5.41 Å². The van der Waals surface area contributed by atoms with Crippen LogP contribution >= 0.6 is 0 Å². The van der Waals surface area contributed by atoms with Crippen LogP contribution in [-0.4, -0.2) is 13.6 Å². The van der Waals surface area contributed by atoms with Gasteiger partial charge in [0.1, 0.15) is 0 Å². The minimum atomic E-state index is 0.385. The molecule has 0 aromatic heterocycles. The third-order valence-electron chi connectivity index (χ3n) is 4.09. The molecule has 0 heterocycles. The van der Waals surface area contributed by atoms with Crippen LogP contribution < -0.4 is 5.32 Å². The van der Waals surface area contributed by atoms with E-state index >= 15 is 0 Å². The fourth-order valence-corrected chi connectivity index (χ4v) is 3.46. The monoisotopic (exact) mass is 237 g/mol. The first kappa shape index (κ1) is 14.8. The quantitative estimate of drug-likeness (QED) is 0.705. The van der Waals surface area contributed by atoms with Gasteiger partial charge in [0.2, 0.25) is 0 Å². The van der Waals surface area contributed by atoms with E-state index in [-0.39, 0.29) is 0 Å². The third kappa shape index (κ3) is 4.46. The van der Waals surface area contributed by atoms with Crippen molar-refractivity contribution < 1.29 is 0 Å². The van der Waals surface area contributed by atoms with E-state index in [0.717, 1.165) is 17.8 Å². The summed E-state index contributed by atoms with van der Waals surface area (Å²) in [4.78, 5) is 0. The Balaban J connectivity index is 2.59. The summed E-state index contributed by atoms with van der Waals surface area (Å²) >= 11 is 0. The van der Waals surface area contributed by atoms with Gasteiger partial charge in [-0.2, -0.15) is 0 Å². The number of allylic oxidation sites excluding steroid dienone is 1. The van der Waals surface area contributed by atoms with E-state index in [1.807, 2.05) is 0 Å². The van der Waals surface area contributed by atoms with Crippen LogP contribution in [0.4, 0.5) is 0 Å². The van der Waals surface area contributed by atoms with Gasteiger partial charge in [-0.25, -0.2) is 0 Å². The van der Waals surface area contributed by atoms with Crippen molar-refractivity contribution in [3.05, 3.63) is 12.2 Å². The number of hydrogen-bond donors (Lipinski definition) is 1. The topological polar surface area (TPSA) is 12.0 Å². The van der Waals surface area contributed by atoms with Crippen molar-refractivity contribution >= 4 is 0 Å². The van der Waals surface area contributed by atoms with E-state index in [1.54, 1.807) is 0 Å². The second-order valence-corrected chi connectivity index (χ2v) is 7.07. The lowest BCUT2D eigenvalue weighted by atomic mass is 9.79. The Kier molecular flexibility index (Phi) is 5.24. The molecule has 0 aliphatic heterocycles. The fraction of sp³-hybridized carbons (Fsp3) is 0.875. The standard InChI is InChI=1S/C16H31N/c1-7-14-8-13(11-17-6)9-15(14)12(2)10-16(3,4)5/h13-15,17H,2,7-11H2,1,3-6H3. The van der Waals surface area contributed by atoms with Gasteiger partial charge >= 0.3 is 0 Å². The first-order valence-corrected chi connectivity index (χ1v) is 7.19. The Bertz CT molecular complexity index is 249. The predicted molar refractivity (Wildman–Crippen MR) is 77.1 cm³/mol. The molecule has 1 nitrogen and oxygen atoms in total. The highest BCUT2D eigenvalue weighted by Crippen LogP contribution is 2.44. The van der Waals surface area contributed by atoms with Crippen LogP contribution in [-0.2, 0) is 0 Å². The molecule has 3 unspecified atom stereocenters. The van der Waals surface area contributed by atoms with Gasteiger partial charge in [0, 0.05) is 0 Å². The van der Waals surface area contributed by atoms with Crippen molar-refractivity contribution in [2.75, 3.05) is 13.6 Å². The van der Waals surface area contributed by atoms with Crippen LogP contribution in [0.15, 0.2) is 12.2 Å². The molecule has 1 aliphatic rings. The molecule has 1 fully saturated rings. The maximum Gasteiger partial charge on any atom is -0.00232 e. The molecule has 0 amide bonds. The first-order valence-electron chi connectivity index (χ1n) is 7.19. The summed E-state index contributed by atoms with van der Waals surface area (Å²) in [7, 11) is 2.07. The van der Waals surface area contributed by atoms with Gasteiger partial charge in [-0.15, -0.1) is 0 Å². The van der Waals surface area contributed by atoms with Crippen LogP contribution in [0.5, 0.6) is 0 Å². The van der Waals surface area contributed by atoms with Crippen molar-refractivity contribution in [1.29, 1.82) is 0 Å². The molecule has 0 aromatic rings. The van der Waals surface area contributed by atoms with Gasteiger partial charge in [0.25, 0.3) is 0 Å². The zero-order chi connectivity index (χ0) is 13.1. The van der Waals surface area contributed by atoms with Crippen LogP contribution in [0.3, 0.4) is 0 Å². The van der Waals surface area contributed by atoms with Crippen LogP contribution in [0.2, 0.25) is 0 Å². The second kappa shape index (κ2) is 6.04. The lowest BCUT2D eigenvalue weighted by Crippen LogP contribution is -2.17. The van der Waals surface area contributed by atoms with Gasteiger partial charge in [0.15, 0.2) is 0 Å². The number of rotatable bonds is 5. The largest absolute Gasteiger partial charge is 0.319 e. The maximum atomic E-state index is 4.39. The summed E-state index contributed by atoms with van der Waals surface area (Å²) in [6.45, 7) is 14.9. The summed E-state index contributed by atoms with van der Waals surface area (Å²) in [6.07, 6.45) is 5.24. The zero-order valence-electron chi connectivity index (χ0n) is 12.5. The third-order valence-corrected chi connectivity index (χ3v) is 4.09. The Hall–Kier alpha value is -0.300. The number of nitrogens with one attached hydrogen (secondary N) is 1. The summed E-state index contributed by atoms with van der Waals surface area (Å²) in [5.74, 6) is 2.52. The fourth-order valence-electron chi connectivity index (χ4n) is 3.46. The lowest BCUT2D eigenvalue weighted by molar-refractivity contribution is 0.353. The molecule has 17 heavy (non-hydrogen) atoms. The van der Waals surface area contributed by atoms with Crippen molar-refractivity contribution in [2.45, 2.75) is 53.4 Å². The molecule has 1 rings (SSSR count). The SMILES string of the molecule is C=C(CC(C)(C)C)C1CC(CNC)CC1CC. The van der Waals surface area contributed by atoms with Crippen molar-refractivity contribution in [1.82, 2.24) is 5.32 Å². The van der Waals surface area contributed by atoms with Gasteiger partial charge in [-0.1, -0.05) is 46.3 Å². The molecule has 0 spiro atoms.